The third kappa shape index (κ3) is 5.11. The van der Waals surface area contributed by atoms with Gasteiger partial charge in [0.2, 0.25) is 0 Å². The Bertz CT molecular complexity index is 1840. The number of fused-ring (bicyclic) bond motifs is 3. The molecule has 0 bridgehead atoms. The molecular formula is C31H25ClN6OS. The van der Waals surface area contributed by atoms with Crippen LogP contribution in [0.15, 0.2) is 107 Å². The van der Waals surface area contributed by atoms with Crippen LogP contribution in [0, 0.1) is 0 Å². The lowest BCUT2D eigenvalue weighted by Gasteiger charge is -2.10. The molecule has 0 saturated heterocycles. The van der Waals surface area contributed by atoms with Crippen LogP contribution in [-0.2, 0) is 11.3 Å². The number of aryl methyl sites for hydroxylation is 1. The SMILES string of the molecule is CCn1c2ccccc2c2cc(C=NNC(=O)CSc3nnc(-c4ccccc4)n3-c3ccc(Cl)cc3)ccc21. The first-order valence-corrected chi connectivity index (χ1v) is 14.2. The van der Waals surface area contributed by atoms with Gasteiger partial charge < -0.3 is 4.57 Å². The zero-order valence-electron chi connectivity index (χ0n) is 21.7. The molecule has 0 aliphatic heterocycles. The Balaban J connectivity index is 1.17. The normalized spacial score (nSPS) is 11.6. The van der Waals surface area contributed by atoms with E-state index in [1.807, 2.05) is 65.2 Å². The number of para-hydroxylation sites is 1. The number of halogens is 1. The number of hydrogen-bond acceptors (Lipinski definition) is 5. The average Bonchev–Trinajstić information content (AvgIpc) is 3.56. The van der Waals surface area contributed by atoms with Crippen LogP contribution in [0.5, 0.6) is 0 Å². The van der Waals surface area contributed by atoms with E-state index in [9.17, 15) is 4.79 Å². The molecule has 0 atom stereocenters. The monoisotopic (exact) mass is 564 g/mol. The summed E-state index contributed by atoms with van der Waals surface area (Å²) in [4.78, 5) is 12.7. The third-order valence-electron chi connectivity index (χ3n) is 6.60. The molecule has 6 aromatic rings. The number of hydrogen-bond donors (Lipinski definition) is 1. The van der Waals surface area contributed by atoms with Crippen LogP contribution in [0.4, 0.5) is 0 Å². The number of carbonyl (C=O) groups is 1. The highest BCUT2D eigenvalue weighted by atomic mass is 35.5. The summed E-state index contributed by atoms with van der Waals surface area (Å²) in [5.74, 6) is 0.571. The van der Waals surface area contributed by atoms with Crippen molar-refractivity contribution >= 4 is 57.3 Å². The Hall–Kier alpha value is -4.40. The van der Waals surface area contributed by atoms with Crippen LogP contribution in [0.3, 0.4) is 0 Å². The highest BCUT2D eigenvalue weighted by Crippen LogP contribution is 2.30. The van der Waals surface area contributed by atoms with Gasteiger partial charge in [-0.2, -0.15) is 5.10 Å². The van der Waals surface area contributed by atoms with E-state index >= 15 is 0 Å². The topological polar surface area (TPSA) is 77.1 Å². The fraction of sp³-hybridized carbons (Fsp3) is 0.0968. The minimum absolute atomic E-state index is 0.126. The van der Waals surface area contributed by atoms with Gasteiger partial charge in [-0.1, -0.05) is 78.0 Å². The summed E-state index contributed by atoms with van der Waals surface area (Å²) < 4.78 is 4.23. The van der Waals surface area contributed by atoms with E-state index in [4.69, 9.17) is 11.6 Å². The molecule has 9 heteroatoms. The van der Waals surface area contributed by atoms with Gasteiger partial charge in [0, 0.05) is 44.6 Å². The molecule has 198 valence electrons. The quantitative estimate of drug-likeness (QED) is 0.123. The molecule has 2 heterocycles. The second-order valence-corrected chi connectivity index (χ2v) is 10.5. The Kier molecular flexibility index (Phi) is 7.35. The first kappa shape index (κ1) is 25.9. The van der Waals surface area contributed by atoms with Crippen molar-refractivity contribution in [2.45, 2.75) is 18.6 Å². The minimum atomic E-state index is -0.239. The summed E-state index contributed by atoms with van der Waals surface area (Å²) in [6.45, 7) is 3.04. The molecule has 1 N–H and O–H groups in total. The largest absolute Gasteiger partial charge is 0.341 e. The van der Waals surface area contributed by atoms with Crippen molar-refractivity contribution in [2.24, 2.45) is 5.10 Å². The van der Waals surface area contributed by atoms with Gasteiger partial charge in [0.25, 0.3) is 5.91 Å². The summed E-state index contributed by atoms with van der Waals surface area (Å²) in [5, 5.41) is 16.6. The number of nitrogens with zero attached hydrogens (tertiary/aromatic N) is 5. The lowest BCUT2D eigenvalue weighted by Crippen LogP contribution is -2.20. The van der Waals surface area contributed by atoms with E-state index in [-0.39, 0.29) is 11.7 Å². The van der Waals surface area contributed by atoms with Crippen molar-refractivity contribution < 1.29 is 4.79 Å². The molecule has 0 aliphatic rings. The minimum Gasteiger partial charge on any atom is -0.341 e. The number of hydrazone groups is 1. The zero-order valence-corrected chi connectivity index (χ0v) is 23.2. The highest BCUT2D eigenvalue weighted by molar-refractivity contribution is 7.99. The number of carbonyl (C=O) groups excluding carboxylic acids is 1. The molecule has 7 nitrogen and oxygen atoms in total. The maximum atomic E-state index is 12.7. The van der Waals surface area contributed by atoms with Gasteiger partial charge in [-0.3, -0.25) is 9.36 Å². The van der Waals surface area contributed by atoms with Crippen LogP contribution in [0.1, 0.15) is 12.5 Å². The summed E-state index contributed by atoms with van der Waals surface area (Å²) in [6, 6.07) is 31.9. The molecule has 2 aromatic heterocycles. The molecule has 40 heavy (non-hydrogen) atoms. The van der Waals surface area contributed by atoms with Crippen LogP contribution in [0.25, 0.3) is 38.9 Å². The lowest BCUT2D eigenvalue weighted by molar-refractivity contribution is -0.118. The third-order valence-corrected chi connectivity index (χ3v) is 7.78. The van der Waals surface area contributed by atoms with Gasteiger partial charge in [-0.25, -0.2) is 5.43 Å². The molecule has 4 aromatic carbocycles. The number of amides is 1. The maximum Gasteiger partial charge on any atom is 0.250 e. The molecule has 0 spiro atoms. The standard InChI is InChI=1S/C31H25ClN6OS/c1-2-37-27-11-7-6-10-25(27)26-18-21(12-17-28(26)37)19-33-34-29(39)20-40-31-36-35-30(22-8-4-3-5-9-22)38(31)24-15-13-23(32)14-16-24/h3-19H,2,20H2,1H3,(H,34,39). The van der Waals surface area contributed by atoms with Crippen LogP contribution in [-0.4, -0.2) is 37.2 Å². The van der Waals surface area contributed by atoms with Crippen molar-refractivity contribution in [3.63, 3.8) is 0 Å². The van der Waals surface area contributed by atoms with Gasteiger partial charge in [-0.15, -0.1) is 10.2 Å². The van der Waals surface area contributed by atoms with E-state index in [0.29, 0.717) is 16.0 Å². The maximum absolute atomic E-state index is 12.7. The van der Waals surface area contributed by atoms with E-state index in [1.165, 1.54) is 33.6 Å². The number of benzene rings is 4. The van der Waals surface area contributed by atoms with E-state index in [1.54, 1.807) is 6.21 Å². The predicted octanol–water partition coefficient (Wildman–Crippen LogP) is 6.96. The van der Waals surface area contributed by atoms with Crippen molar-refractivity contribution in [2.75, 3.05) is 5.75 Å². The van der Waals surface area contributed by atoms with Gasteiger partial charge in [0.1, 0.15) is 0 Å². The van der Waals surface area contributed by atoms with Gasteiger partial charge in [-0.05, 0) is 55.0 Å². The first-order valence-electron chi connectivity index (χ1n) is 12.8. The van der Waals surface area contributed by atoms with Crippen molar-refractivity contribution in [3.8, 4) is 17.1 Å². The number of nitrogens with one attached hydrogen (secondary N) is 1. The smallest absolute Gasteiger partial charge is 0.250 e. The average molecular weight is 565 g/mol. The van der Waals surface area contributed by atoms with Gasteiger partial charge in [0.15, 0.2) is 11.0 Å². The highest BCUT2D eigenvalue weighted by Gasteiger charge is 2.17. The van der Waals surface area contributed by atoms with Gasteiger partial charge >= 0.3 is 0 Å². The molecule has 0 radical (unpaired) electrons. The van der Waals surface area contributed by atoms with E-state index in [0.717, 1.165) is 23.4 Å². The first-order chi connectivity index (χ1) is 19.6. The summed E-state index contributed by atoms with van der Waals surface area (Å²) >= 11 is 7.41. The van der Waals surface area contributed by atoms with Gasteiger partial charge in [0.05, 0.1) is 12.0 Å². The molecule has 0 saturated carbocycles. The second kappa shape index (κ2) is 11.4. The van der Waals surface area contributed by atoms with E-state index < -0.39 is 0 Å². The summed E-state index contributed by atoms with van der Waals surface area (Å²) in [6.07, 6.45) is 1.67. The van der Waals surface area contributed by atoms with Crippen LogP contribution >= 0.6 is 23.4 Å². The van der Waals surface area contributed by atoms with Crippen LogP contribution in [0.2, 0.25) is 5.02 Å². The van der Waals surface area contributed by atoms with Crippen molar-refractivity contribution in [1.29, 1.82) is 0 Å². The Morgan fingerprint density at radius 3 is 2.48 bits per heavy atom. The Morgan fingerprint density at radius 2 is 1.68 bits per heavy atom. The molecule has 6 rings (SSSR count). The molecule has 0 aliphatic carbocycles. The Morgan fingerprint density at radius 1 is 0.925 bits per heavy atom. The van der Waals surface area contributed by atoms with E-state index in [2.05, 4.69) is 68.6 Å². The fourth-order valence-corrected chi connectivity index (χ4v) is 5.66. The number of thioether (sulfide) groups is 1. The fourth-order valence-electron chi connectivity index (χ4n) is 4.79. The zero-order chi connectivity index (χ0) is 27.5. The summed E-state index contributed by atoms with van der Waals surface area (Å²) in [7, 11) is 0. The molecular weight excluding hydrogens is 540 g/mol. The molecule has 0 unspecified atom stereocenters. The lowest BCUT2D eigenvalue weighted by atomic mass is 10.1. The predicted molar refractivity (Wildman–Crippen MR) is 163 cm³/mol. The number of rotatable bonds is 8. The molecule has 1 amide bonds. The summed E-state index contributed by atoms with van der Waals surface area (Å²) in [5.41, 5.74) is 7.72. The van der Waals surface area contributed by atoms with Crippen molar-refractivity contribution in [1.82, 2.24) is 24.8 Å². The molecule has 0 fully saturated rings. The van der Waals surface area contributed by atoms with Crippen molar-refractivity contribution in [3.05, 3.63) is 108 Å². The number of aromatic nitrogens is 4. The van der Waals surface area contributed by atoms with Crippen LogP contribution < -0.4 is 5.43 Å². The second-order valence-electron chi connectivity index (χ2n) is 9.10. The Labute approximate surface area is 240 Å².